The van der Waals surface area contributed by atoms with Crippen LogP contribution >= 0.6 is 0 Å². The lowest BCUT2D eigenvalue weighted by Gasteiger charge is -2.03. The summed E-state index contributed by atoms with van der Waals surface area (Å²) >= 11 is 0. The smallest absolute Gasteiger partial charge is 0.340 e. The van der Waals surface area contributed by atoms with E-state index in [2.05, 4.69) is 4.72 Å². The molecule has 7 heteroatoms. The third kappa shape index (κ3) is 2.06. The minimum atomic E-state index is -3.55. The molecule has 0 saturated heterocycles. The number of esters is 1. The average Bonchev–Trinajstić information content (AvgIpc) is 2.88. The highest BCUT2D eigenvalue weighted by atomic mass is 32.2. The van der Waals surface area contributed by atoms with Crippen molar-refractivity contribution in [3.63, 3.8) is 0 Å². The molecule has 2 heterocycles. The van der Waals surface area contributed by atoms with Crippen molar-refractivity contribution in [2.75, 3.05) is 14.2 Å². The van der Waals surface area contributed by atoms with Crippen LogP contribution in [0, 0.1) is 0 Å². The molecule has 0 radical (unpaired) electrons. The number of hydrogen-bond acceptors (Lipinski definition) is 4. The third-order valence-corrected chi connectivity index (χ3v) is 4.99. The summed E-state index contributed by atoms with van der Waals surface area (Å²) in [5.41, 5.74) is 1.72. The van der Waals surface area contributed by atoms with Crippen molar-refractivity contribution < 1.29 is 17.9 Å². The Balaban J connectivity index is 2.44. The maximum Gasteiger partial charge on any atom is 0.340 e. The van der Waals surface area contributed by atoms with Gasteiger partial charge in [0.25, 0.3) is 0 Å². The molecule has 0 aliphatic heterocycles. The number of aromatic nitrogens is 1. The van der Waals surface area contributed by atoms with Gasteiger partial charge in [-0.3, -0.25) is 0 Å². The zero-order chi connectivity index (χ0) is 15.9. The summed E-state index contributed by atoms with van der Waals surface area (Å²) in [6, 6.07) is 10.1. The van der Waals surface area contributed by atoms with Crippen LogP contribution in [0.25, 0.3) is 16.4 Å². The fourth-order valence-corrected chi connectivity index (χ4v) is 3.27. The number of benzene rings is 1. The number of ether oxygens (including phenoxy) is 1. The van der Waals surface area contributed by atoms with E-state index in [-0.39, 0.29) is 4.90 Å². The van der Waals surface area contributed by atoms with E-state index in [1.165, 1.54) is 20.2 Å². The van der Waals surface area contributed by atoms with Crippen LogP contribution < -0.4 is 4.72 Å². The Bertz CT molecular complexity index is 989. The summed E-state index contributed by atoms with van der Waals surface area (Å²) in [7, 11) is -0.878. The van der Waals surface area contributed by atoms with E-state index in [0.717, 1.165) is 0 Å². The maximum atomic E-state index is 12.1. The highest BCUT2D eigenvalue weighted by Crippen LogP contribution is 2.29. The number of rotatable bonds is 3. The molecule has 0 fully saturated rings. The zero-order valence-electron chi connectivity index (χ0n) is 12.0. The summed E-state index contributed by atoms with van der Waals surface area (Å²) in [5, 5.41) is 0.646. The van der Waals surface area contributed by atoms with E-state index in [0.29, 0.717) is 22.0 Å². The van der Waals surface area contributed by atoms with Crippen molar-refractivity contribution in [1.29, 1.82) is 0 Å². The molecule has 114 valence electrons. The quantitative estimate of drug-likeness (QED) is 0.747. The second-order valence-corrected chi connectivity index (χ2v) is 6.60. The standard InChI is InChI=1S/C15H14N2O4S/c1-16-22(19,20)10-6-7-11-13(9-10)17-8-4-3-5-12(17)14(11)15(18)21-2/h3-9,16H,1-2H3. The Morgan fingerprint density at radius 3 is 2.64 bits per heavy atom. The minimum absolute atomic E-state index is 0.141. The first kappa shape index (κ1) is 14.6. The summed E-state index contributed by atoms with van der Waals surface area (Å²) in [5.74, 6) is -0.456. The average molecular weight is 318 g/mol. The SMILES string of the molecule is CNS(=O)(=O)c1ccc2c(C(=O)OC)c3ccccn3c2c1. The van der Waals surface area contributed by atoms with E-state index < -0.39 is 16.0 Å². The first-order valence-electron chi connectivity index (χ1n) is 6.54. The fraction of sp³-hybridized carbons (Fsp3) is 0.133. The number of sulfonamides is 1. The fourth-order valence-electron chi connectivity index (χ4n) is 2.52. The first-order chi connectivity index (χ1) is 10.5. The monoisotopic (exact) mass is 318 g/mol. The molecule has 0 amide bonds. The molecule has 0 aliphatic carbocycles. The number of pyridine rings is 1. The lowest BCUT2D eigenvalue weighted by Crippen LogP contribution is -2.18. The van der Waals surface area contributed by atoms with Gasteiger partial charge in [-0.15, -0.1) is 0 Å². The molecule has 6 nitrogen and oxygen atoms in total. The minimum Gasteiger partial charge on any atom is -0.465 e. The van der Waals surface area contributed by atoms with E-state index in [4.69, 9.17) is 4.74 Å². The summed E-state index contributed by atoms with van der Waals surface area (Å²) in [6.45, 7) is 0. The number of nitrogens with zero attached hydrogens (tertiary/aromatic N) is 1. The Kier molecular flexibility index (Phi) is 3.38. The van der Waals surface area contributed by atoms with Crippen molar-refractivity contribution >= 4 is 32.4 Å². The highest BCUT2D eigenvalue weighted by Gasteiger charge is 2.20. The molecular weight excluding hydrogens is 304 g/mol. The summed E-state index contributed by atoms with van der Waals surface area (Å²) in [4.78, 5) is 12.2. The van der Waals surface area contributed by atoms with Gasteiger partial charge in [0.2, 0.25) is 10.0 Å². The van der Waals surface area contributed by atoms with Gasteiger partial charge >= 0.3 is 5.97 Å². The number of carbonyl (C=O) groups excluding carboxylic acids is 1. The Labute approximate surface area is 127 Å². The molecular formula is C15H14N2O4S. The molecule has 3 aromatic rings. The molecule has 0 atom stereocenters. The van der Waals surface area contributed by atoms with Crippen molar-refractivity contribution in [1.82, 2.24) is 9.12 Å². The normalized spacial score (nSPS) is 11.9. The van der Waals surface area contributed by atoms with E-state index in [1.54, 1.807) is 28.8 Å². The van der Waals surface area contributed by atoms with Crippen LogP contribution in [0.5, 0.6) is 0 Å². The topological polar surface area (TPSA) is 76.9 Å². The molecule has 0 bridgehead atoms. The Morgan fingerprint density at radius 2 is 1.95 bits per heavy atom. The highest BCUT2D eigenvalue weighted by molar-refractivity contribution is 7.89. The van der Waals surface area contributed by atoms with Gasteiger partial charge in [-0.2, -0.15) is 0 Å². The largest absolute Gasteiger partial charge is 0.465 e. The number of fused-ring (bicyclic) bond motifs is 3. The van der Waals surface area contributed by atoms with Gasteiger partial charge in [-0.05, 0) is 31.3 Å². The molecule has 0 aliphatic rings. The molecule has 1 N–H and O–H groups in total. The number of methoxy groups -OCH3 is 1. The first-order valence-corrected chi connectivity index (χ1v) is 8.02. The molecule has 0 unspecified atom stereocenters. The molecule has 3 rings (SSSR count). The van der Waals surface area contributed by atoms with E-state index in [1.807, 2.05) is 12.1 Å². The Morgan fingerprint density at radius 1 is 1.18 bits per heavy atom. The van der Waals surface area contributed by atoms with Crippen LogP contribution in [0.4, 0.5) is 0 Å². The zero-order valence-corrected chi connectivity index (χ0v) is 12.8. The second kappa shape index (κ2) is 5.11. The summed E-state index contributed by atoms with van der Waals surface area (Å²) < 4.78 is 32.8. The van der Waals surface area contributed by atoms with Gasteiger partial charge in [-0.25, -0.2) is 17.9 Å². The molecule has 1 aromatic carbocycles. The Hall–Kier alpha value is -2.38. The third-order valence-electron chi connectivity index (χ3n) is 3.58. The van der Waals surface area contributed by atoms with Gasteiger partial charge in [-0.1, -0.05) is 12.1 Å². The molecule has 22 heavy (non-hydrogen) atoms. The number of nitrogens with one attached hydrogen (secondary N) is 1. The van der Waals surface area contributed by atoms with Crippen LogP contribution in [0.15, 0.2) is 47.5 Å². The van der Waals surface area contributed by atoms with E-state index in [9.17, 15) is 13.2 Å². The number of carbonyl (C=O) groups is 1. The summed E-state index contributed by atoms with van der Waals surface area (Å²) in [6.07, 6.45) is 1.78. The molecule has 0 spiro atoms. The van der Waals surface area contributed by atoms with Gasteiger partial charge in [0.05, 0.1) is 28.6 Å². The van der Waals surface area contributed by atoms with E-state index >= 15 is 0 Å². The van der Waals surface area contributed by atoms with Crippen LogP contribution in [-0.4, -0.2) is 32.9 Å². The van der Waals surface area contributed by atoms with Gasteiger partial charge in [0.1, 0.15) is 0 Å². The van der Waals surface area contributed by atoms with Crippen LogP contribution in [-0.2, 0) is 14.8 Å². The van der Waals surface area contributed by atoms with Crippen LogP contribution in [0.1, 0.15) is 10.4 Å². The van der Waals surface area contributed by atoms with Crippen LogP contribution in [0.3, 0.4) is 0 Å². The molecule has 2 aromatic heterocycles. The van der Waals surface area contributed by atoms with Crippen molar-refractivity contribution in [2.24, 2.45) is 0 Å². The van der Waals surface area contributed by atoms with Gasteiger partial charge in [0.15, 0.2) is 0 Å². The molecule has 0 saturated carbocycles. The lowest BCUT2D eigenvalue weighted by molar-refractivity contribution is 0.0605. The van der Waals surface area contributed by atoms with Gasteiger partial charge < -0.3 is 9.14 Å². The number of hydrogen-bond donors (Lipinski definition) is 1. The second-order valence-electron chi connectivity index (χ2n) is 4.71. The van der Waals surface area contributed by atoms with Crippen molar-refractivity contribution in [3.05, 3.63) is 48.2 Å². The maximum absolute atomic E-state index is 12.1. The lowest BCUT2D eigenvalue weighted by atomic mass is 10.1. The predicted octanol–water partition coefficient (Wildman–Crippen LogP) is 1.79. The predicted molar refractivity (Wildman–Crippen MR) is 82.5 cm³/mol. The van der Waals surface area contributed by atoms with Gasteiger partial charge in [0, 0.05) is 11.6 Å². The van der Waals surface area contributed by atoms with Crippen LogP contribution in [0.2, 0.25) is 0 Å². The van der Waals surface area contributed by atoms with Crippen molar-refractivity contribution in [3.8, 4) is 0 Å². The van der Waals surface area contributed by atoms with Crippen molar-refractivity contribution in [2.45, 2.75) is 4.90 Å².